The highest BCUT2D eigenvalue weighted by atomic mass is 32.1. The maximum absolute atomic E-state index is 5.58. The van der Waals surface area contributed by atoms with E-state index in [1.54, 1.807) is 23.1 Å². The Hall–Kier alpha value is -12.0. The summed E-state index contributed by atoms with van der Waals surface area (Å²) in [5, 5.41) is 31.1. The van der Waals surface area contributed by atoms with E-state index < -0.39 is 0 Å². The second kappa shape index (κ2) is 41.1. The summed E-state index contributed by atoms with van der Waals surface area (Å²) in [7, 11) is 8.25. The number of nitrogens with zero attached hydrogens (tertiary/aromatic N) is 11. The molecule has 20 rings (SSSR count). The van der Waals surface area contributed by atoms with E-state index in [2.05, 4.69) is 459 Å². The Balaban J connectivity index is 0.000000143. The summed E-state index contributed by atoms with van der Waals surface area (Å²) >= 11 is 3.21. The van der Waals surface area contributed by atoms with Gasteiger partial charge in [0.05, 0.1) is 50.3 Å². The number of aryl methyl sites for hydroxylation is 4. The molecule has 0 saturated heterocycles. The molecular formula is C118H147N11O3S2. The lowest BCUT2D eigenvalue weighted by Gasteiger charge is -2.20. The minimum absolute atomic E-state index is 0.0239. The molecule has 0 spiro atoms. The summed E-state index contributed by atoms with van der Waals surface area (Å²) < 4.78 is 36.9. The molecule has 0 radical (unpaired) electrons. The van der Waals surface area contributed by atoms with Gasteiger partial charge >= 0.3 is 0 Å². The van der Waals surface area contributed by atoms with Crippen molar-refractivity contribution in [3.8, 4) is 0 Å². The molecular weight excluding hydrogens is 1680 g/mol. The van der Waals surface area contributed by atoms with Crippen LogP contribution in [-0.4, -0.2) is 52.2 Å². The van der Waals surface area contributed by atoms with Gasteiger partial charge in [0.25, 0.3) is 0 Å². The van der Waals surface area contributed by atoms with Crippen molar-refractivity contribution in [3.63, 3.8) is 0 Å². The number of furan rings is 1. The summed E-state index contributed by atoms with van der Waals surface area (Å²) in [6.07, 6.45) is 10.5. The molecule has 0 aliphatic heterocycles. The average molecular weight is 1830 g/mol. The molecule has 704 valence electrons. The third-order valence-electron chi connectivity index (χ3n) is 23.1. The summed E-state index contributed by atoms with van der Waals surface area (Å²) in [5.74, 6) is 2.03. The van der Waals surface area contributed by atoms with Gasteiger partial charge in [-0.2, -0.15) is 18.9 Å². The smallest absolute Gasteiger partial charge is 0.167 e. The Morgan fingerprint density at radius 2 is 0.746 bits per heavy atom. The van der Waals surface area contributed by atoms with Gasteiger partial charge in [-0.25, -0.2) is 0 Å². The van der Waals surface area contributed by atoms with Crippen LogP contribution in [0.4, 0.5) is 0 Å². The zero-order valence-corrected chi connectivity index (χ0v) is 88.1. The molecule has 0 saturated carbocycles. The fraction of sp³-hybridized carbons (Fsp3) is 0.373. The highest BCUT2D eigenvalue weighted by molar-refractivity contribution is 7.13. The van der Waals surface area contributed by atoms with Gasteiger partial charge in [-0.3, -0.25) is 9.36 Å². The van der Waals surface area contributed by atoms with Crippen molar-refractivity contribution in [1.82, 2.24) is 52.2 Å². The average Bonchev–Trinajstić information content (AvgIpc) is 1.63. The lowest BCUT2D eigenvalue weighted by atomic mass is 9.87. The third-order valence-corrected chi connectivity index (χ3v) is 25.2. The van der Waals surface area contributed by atoms with E-state index >= 15 is 0 Å². The standard InChI is InChI=1S/2C13H17N.2C12H16N2.C12H15N.C12H14O.2C11H13NO.2C11H13NS/c1-13(2,3)11-9-14(4)12-8-6-5-7-10(11)12;1-13(2,3)12-11-8-6-5-7-10(11)9-14(12)4;1-12(2,3)11-9-7-5-6-8-10(9)14(4)13-11;1-12(2,3)11-9-7-5-6-8-10(9)13-14(11)4;1-12(2,3)10-7-9-13-8-5-4-6-11(10)13;1-12(2,3)11-10-7-5-4-6-9(10)8-13-11;1-11(2,3)10-8-6-4-5-7-9(8)13-12-10;1-11(2,3)10-8-6-4-5-7-9(8)12-13-10;1-11(2,3)10-8-6-4-5-7-9(8)13-12-10;1-11(2,3)10-8-6-4-5-7-9(8)12-13-10/h2*5-9H,1-4H3;2*5-8H,1-4H3;4-9H,1-3H3;4-8H,1-3H3;4*4-7H,1-3H3. The van der Waals surface area contributed by atoms with Crippen LogP contribution in [0.25, 0.3) is 103 Å². The van der Waals surface area contributed by atoms with E-state index in [-0.39, 0.29) is 54.1 Å². The molecule has 0 N–H and O–H groups in total. The topological polar surface area (TPSA) is 141 Å². The molecule has 11 aromatic heterocycles. The quantitative estimate of drug-likeness (QED) is 0.145. The zero-order valence-electron chi connectivity index (χ0n) is 86.4. The van der Waals surface area contributed by atoms with Crippen LogP contribution in [0, 0.1) is 0 Å². The molecule has 20 aromatic rings. The third kappa shape index (κ3) is 25.1. The monoisotopic (exact) mass is 1830 g/mol. The second-order valence-electron chi connectivity index (χ2n) is 45.3. The molecule has 11 heterocycles. The first kappa shape index (κ1) is 103. The Morgan fingerprint density at radius 3 is 1.33 bits per heavy atom. The normalized spacial score (nSPS) is 12.3. The number of hydrogen-bond donors (Lipinski definition) is 0. The largest absolute Gasteiger partial charge is 0.468 e. The van der Waals surface area contributed by atoms with Crippen LogP contribution >= 0.6 is 23.1 Å². The predicted molar refractivity (Wildman–Crippen MR) is 575 cm³/mol. The molecule has 134 heavy (non-hydrogen) atoms. The van der Waals surface area contributed by atoms with E-state index in [4.69, 9.17) is 13.5 Å². The number of rotatable bonds is 0. The molecule has 0 atom stereocenters. The fourth-order valence-electron chi connectivity index (χ4n) is 16.9. The molecule has 0 fully saturated rings. The Kier molecular flexibility index (Phi) is 31.4. The number of para-hydroxylation sites is 3. The number of benzene rings is 9. The van der Waals surface area contributed by atoms with Crippen molar-refractivity contribution in [2.45, 2.75) is 262 Å². The number of pyridine rings is 1. The second-order valence-corrected chi connectivity index (χ2v) is 46.9. The van der Waals surface area contributed by atoms with Crippen molar-refractivity contribution >= 4 is 126 Å². The van der Waals surface area contributed by atoms with Crippen LogP contribution in [-0.2, 0) is 82.3 Å². The van der Waals surface area contributed by atoms with E-state index in [1.165, 1.54) is 109 Å². The summed E-state index contributed by atoms with van der Waals surface area (Å²) in [6.45, 7) is 66.1. The summed E-state index contributed by atoms with van der Waals surface area (Å²) in [5.41, 5.74) is 18.3. The van der Waals surface area contributed by atoms with E-state index in [1.807, 2.05) is 103 Å². The molecule has 14 nitrogen and oxygen atoms in total. The van der Waals surface area contributed by atoms with Crippen molar-refractivity contribution in [2.75, 3.05) is 0 Å². The highest BCUT2D eigenvalue weighted by Crippen LogP contribution is 2.40. The lowest BCUT2D eigenvalue weighted by Crippen LogP contribution is -2.16. The molecule has 0 unspecified atom stereocenters. The van der Waals surface area contributed by atoms with Crippen molar-refractivity contribution in [3.05, 3.63) is 330 Å². The number of aromatic nitrogens is 11. The summed E-state index contributed by atoms with van der Waals surface area (Å²) in [6, 6.07) is 83.3. The van der Waals surface area contributed by atoms with Crippen LogP contribution in [0.3, 0.4) is 0 Å². The molecule has 0 aliphatic carbocycles. The first-order chi connectivity index (χ1) is 62.5. The molecule has 0 bridgehead atoms. The van der Waals surface area contributed by atoms with Crippen LogP contribution in [0.2, 0.25) is 0 Å². The van der Waals surface area contributed by atoms with E-state index in [9.17, 15) is 0 Å². The van der Waals surface area contributed by atoms with Crippen LogP contribution in [0.1, 0.15) is 264 Å². The van der Waals surface area contributed by atoms with Crippen LogP contribution < -0.4 is 0 Å². The fourth-order valence-corrected chi connectivity index (χ4v) is 18.8. The molecule has 0 amide bonds. The van der Waals surface area contributed by atoms with Gasteiger partial charge < -0.3 is 27.0 Å². The van der Waals surface area contributed by atoms with Gasteiger partial charge in [0.15, 0.2) is 5.58 Å². The van der Waals surface area contributed by atoms with Crippen molar-refractivity contribution in [1.29, 1.82) is 0 Å². The number of hydrogen-bond acceptors (Lipinski definition) is 11. The Labute approximate surface area is 805 Å². The first-order valence-corrected chi connectivity index (χ1v) is 48.4. The number of fused-ring (bicyclic) bond motifs is 10. The maximum Gasteiger partial charge on any atom is 0.167 e. The molecule has 0 aliphatic rings. The lowest BCUT2D eigenvalue weighted by molar-refractivity contribution is 0.336. The Bertz CT molecular complexity index is 6400. The minimum Gasteiger partial charge on any atom is -0.468 e. The van der Waals surface area contributed by atoms with E-state index in [0.717, 1.165) is 50.1 Å². The van der Waals surface area contributed by atoms with Gasteiger partial charge in [-0.15, -0.1) is 0 Å². The van der Waals surface area contributed by atoms with Crippen molar-refractivity contribution < 1.29 is 13.5 Å². The van der Waals surface area contributed by atoms with Crippen LogP contribution in [0.5, 0.6) is 0 Å². The Morgan fingerprint density at radius 1 is 0.269 bits per heavy atom. The SMILES string of the molecule is CC(C)(C)c1ccn2ccccc12.CC(C)(C)c1noc2ccccc12.CC(C)(C)c1nsc2ccccc12.CC(C)(C)c1occ2ccccc12.CC(C)(C)c1onc2ccccc12.CC(C)(C)c1snc2ccccc12.Cn1cc(C(C)(C)C)c2ccccc21.Cn1cc2ccccc2c1C(C)(C)C.Cn1nc(C(C)(C)C)c2ccccc21.Cn1nc2ccccc2c1C(C)(C)C. The van der Waals surface area contributed by atoms with Gasteiger partial charge in [0.2, 0.25) is 0 Å². The highest BCUT2D eigenvalue weighted by Gasteiger charge is 2.29. The van der Waals surface area contributed by atoms with Gasteiger partial charge in [0.1, 0.15) is 17.0 Å². The molecule has 9 aromatic carbocycles. The summed E-state index contributed by atoms with van der Waals surface area (Å²) in [4.78, 5) is 1.38. The molecule has 16 heteroatoms. The van der Waals surface area contributed by atoms with Gasteiger partial charge in [-0.05, 0) is 129 Å². The zero-order chi connectivity index (χ0) is 98.2. The van der Waals surface area contributed by atoms with Crippen LogP contribution in [0.15, 0.2) is 287 Å². The maximum atomic E-state index is 5.58. The van der Waals surface area contributed by atoms with Gasteiger partial charge in [0, 0.05) is 166 Å². The predicted octanol–water partition coefficient (Wildman–Crippen LogP) is 33.1. The minimum atomic E-state index is 0.0239. The van der Waals surface area contributed by atoms with Crippen molar-refractivity contribution in [2.24, 2.45) is 28.2 Å². The first-order valence-electron chi connectivity index (χ1n) is 46.9. The van der Waals surface area contributed by atoms with E-state index in [0.29, 0.717) is 0 Å². The van der Waals surface area contributed by atoms with Gasteiger partial charge in [-0.1, -0.05) is 388 Å².